The predicted octanol–water partition coefficient (Wildman–Crippen LogP) is 0.595. The Morgan fingerprint density at radius 1 is 1.45 bits per heavy atom. The molecule has 0 atom stereocenters. The van der Waals surface area contributed by atoms with E-state index in [4.69, 9.17) is 0 Å². The minimum atomic E-state index is 0.564. The van der Waals surface area contributed by atoms with Gasteiger partial charge in [0.15, 0.2) is 0 Å². The molecule has 1 heterocycles. The molecule has 64 valence electrons. The van der Waals surface area contributed by atoms with Gasteiger partial charge in [-0.2, -0.15) is 0 Å². The maximum atomic E-state index is 3.55. The first-order chi connectivity index (χ1) is 5.29. The summed E-state index contributed by atoms with van der Waals surface area (Å²) in [5.41, 5.74) is 0.564. The van der Waals surface area contributed by atoms with Crippen molar-refractivity contribution >= 4 is 0 Å². The van der Waals surface area contributed by atoms with Crippen LogP contribution >= 0.6 is 0 Å². The van der Waals surface area contributed by atoms with Gasteiger partial charge in [-0.15, -0.1) is 0 Å². The minimum Gasteiger partial charge on any atom is -0.316 e. The van der Waals surface area contributed by atoms with Crippen LogP contribution in [0.4, 0.5) is 0 Å². The van der Waals surface area contributed by atoms with E-state index in [1.165, 1.54) is 39.0 Å². The third kappa shape index (κ3) is 1.94. The van der Waals surface area contributed by atoms with E-state index in [1.807, 2.05) is 0 Å². The molecule has 2 heteroatoms. The van der Waals surface area contributed by atoms with Crippen molar-refractivity contribution in [1.82, 2.24) is 10.6 Å². The molecule has 2 nitrogen and oxygen atoms in total. The van der Waals surface area contributed by atoms with Crippen molar-refractivity contribution in [2.45, 2.75) is 19.8 Å². The molecule has 0 unspecified atom stereocenters. The SMILES string of the molecule is CC1(CNCC2CC2)CNC1. The fraction of sp³-hybridized carbons (Fsp3) is 1.00. The Balaban J connectivity index is 1.57. The first-order valence-corrected chi connectivity index (χ1v) is 4.70. The Morgan fingerprint density at radius 2 is 2.18 bits per heavy atom. The summed E-state index contributed by atoms with van der Waals surface area (Å²) in [6.07, 6.45) is 2.92. The van der Waals surface area contributed by atoms with Crippen molar-refractivity contribution in [3.8, 4) is 0 Å². The molecule has 0 radical (unpaired) electrons. The zero-order valence-corrected chi connectivity index (χ0v) is 7.32. The summed E-state index contributed by atoms with van der Waals surface area (Å²) in [6.45, 7) is 7.21. The lowest BCUT2D eigenvalue weighted by Gasteiger charge is -2.39. The highest BCUT2D eigenvalue weighted by Gasteiger charge is 2.31. The van der Waals surface area contributed by atoms with E-state index in [2.05, 4.69) is 17.6 Å². The van der Waals surface area contributed by atoms with Crippen molar-refractivity contribution in [3.63, 3.8) is 0 Å². The van der Waals surface area contributed by atoms with Gasteiger partial charge in [-0.05, 0) is 25.3 Å². The molecule has 2 N–H and O–H groups in total. The lowest BCUT2D eigenvalue weighted by Crippen LogP contribution is -2.56. The molecule has 0 aromatic heterocycles. The summed E-state index contributed by atoms with van der Waals surface area (Å²) in [7, 11) is 0. The number of hydrogen-bond acceptors (Lipinski definition) is 2. The molecule has 11 heavy (non-hydrogen) atoms. The van der Waals surface area contributed by atoms with Crippen LogP contribution in [0.2, 0.25) is 0 Å². The Kier molecular flexibility index (Phi) is 1.90. The normalized spacial score (nSPS) is 28.1. The molecule has 2 rings (SSSR count). The second-order valence-electron chi connectivity index (χ2n) is 4.49. The maximum Gasteiger partial charge on any atom is 0.00490 e. The quantitative estimate of drug-likeness (QED) is 0.619. The van der Waals surface area contributed by atoms with Gasteiger partial charge in [0, 0.05) is 25.0 Å². The fourth-order valence-corrected chi connectivity index (χ4v) is 1.58. The highest BCUT2D eigenvalue weighted by atomic mass is 15.0. The van der Waals surface area contributed by atoms with E-state index in [-0.39, 0.29) is 0 Å². The van der Waals surface area contributed by atoms with Crippen molar-refractivity contribution in [2.24, 2.45) is 11.3 Å². The highest BCUT2D eigenvalue weighted by Crippen LogP contribution is 2.28. The minimum absolute atomic E-state index is 0.564. The third-order valence-corrected chi connectivity index (χ3v) is 2.79. The van der Waals surface area contributed by atoms with Gasteiger partial charge in [-0.3, -0.25) is 0 Å². The summed E-state index contributed by atoms with van der Waals surface area (Å²) in [6, 6.07) is 0. The van der Waals surface area contributed by atoms with E-state index in [0.29, 0.717) is 5.41 Å². The zero-order chi connectivity index (χ0) is 7.73. The first-order valence-electron chi connectivity index (χ1n) is 4.70. The van der Waals surface area contributed by atoms with Gasteiger partial charge in [0.2, 0.25) is 0 Å². The van der Waals surface area contributed by atoms with Crippen molar-refractivity contribution in [2.75, 3.05) is 26.2 Å². The fourth-order valence-electron chi connectivity index (χ4n) is 1.58. The second-order valence-corrected chi connectivity index (χ2v) is 4.49. The molecule has 2 fully saturated rings. The summed E-state index contributed by atoms with van der Waals surface area (Å²) in [5, 5.41) is 6.87. The second kappa shape index (κ2) is 2.76. The maximum absolute atomic E-state index is 3.55. The predicted molar refractivity (Wildman–Crippen MR) is 46.6 cm³/mol. The molecule has 0 bridgehead atoms. The Labute approximate surface area is 68.7 Å². The monoisotopic (exact) mass is 154 g/mol. The van der Waals surface area contributed by atoms with Crippen LogP contribution in [0.1, 0.15) is 19.8 Å². The van der Waals surface area contributed by atoms with Crippen LogP contribution in [0.25, 0.3) is 0 Å². The van der Waals surface area contributed by atoms with Gasteiger partial charge in [0.05, 0.1) is 0 Å². The van der Waals surface area contributed by atoms with Crippen LogP contribution < -0.4 is 10.6 Å². The van der Waals surface area contributed by atoms with Gasteiger partial charge >= 0.3 is 0 Å². The van der Waals surface area contributed by atoms with Gasteiger partial charge in [-0.1, -0.05) is 6.92 Å². The molecule has 0 spiro atoms. The molecular formula is C9H18N2. The molecule has 0 amide bonds. The van der Waals surface area contributed by atoms with Crippen molar-refractivity contribution in [1.29, 1.82) is 0 Å². The molecule has 1 aliphatic heterocycles. The summed E-state index contributed by atoms with van der Waals surface area (Å²) >= 11 is 0. The number of rotatable bonds is 4. The lowest BCUT2D eigenvalue weighted by molar-refractivity contribution is 0.189. The largest absolute Gasteiger partial charge is 0.316 e. The van der Waals surface area contributed by atoms with Crippen LogP contribution in [0, 0.1) is 11.3 Å². The van der Waals surface area contributed by atoms with E-state index in [1.54, 1.807) is 0 Å². The van der Waals surface area contributed by atoms with E-state index >= 15 is 0 Å². The van der Waals surface area contributed by atoms with Crippen LogP contribution in [-0.4, -0.2) is 26.2 Å². The number of hydrogen-bond donors (Lipinski definition) is 2. The topological polar surface area (TPSA) is 24.1 Å². The molecule has 1 saturated heterocycles. The summed E-state index contributed by atoms with van der Waals surface area (Å²) < 4.78 is 0. The third-order valence-electron chi connectivity index (χ3n) is 2.79. The Hall–Kier alpha value is -0.0800. The van der Waals surface area contributed by atoms with Crippen LogP contribution in [-0.2, 0) is 0 Å². The molecule has 1 aliphatic carbocycles. The van der Waals surface area contributed by atoms with Crippen molar-refractivity contribution < 1.29 is 0 Å². The smallest absolute Gasteiger partial charge is 0.00490 e. The molecule has 0 aromatic carbocycles. The standard InChI is InChI=1S/C9H18N2/c1-9(6-11-7-9)5-10-4-8-2-3-8/h8,10-11H,2-7H2,1H3. The summed E-state index contributed by atoms with van der Waals surface area (Å²) in [5.74, 6) is 1.02. The first kappa shape index (κ1) is 7.56. The Bertz CT molecular complexity index is 136. The average molecular weight is 154 g/mol. The molecule has 0 aromatic rings. The lowest BCUT2D eigenvalue weighted by atomic mass is 9.84. The van der Waals surface area contributed by atoms with E-state index in [9.17, 15) is 0 Å². The van der Waals surface area contributed by atoms with E-state index < -0.39 is 0 Å². The Morgan fingerprint density at radius 3 is 2.64 bits per heavy atom. The van der Waals surface area contributed by atoms with Crippen molar-refractivity contribution in [3.05, 3.63) is 0 Å². The average Bonchev–Trinajstić information content (AvgIpc) is 2.68. The molecular weight excluding hydrogens is 136 g/mol. The van der Waals surface area contributed by atoms with Gasteiger partial charge in [0.25, 0.3) is 0 Å². The highest BCUT2D eigenvalue weighted by molar-refractivity contribution is 4.90. The molecule has 2 aliphatic rings. The van der Waals surface area contributed by atoms with E-state index in [0.717, 1.165) is 5.92 Å². The van der Waals surface area contributed by atoms with Gasteiger partial charge in [0.1, 0.15) is 0 Å². The summed E-state index contributed by atoms with van der Waals surface area (Å²) in [4.78, 5) is 0. The van der Waals surface area contributed by atoms with Crippen LogP contribution in [0.3, 0.4) is 0 Å². The molecule has 1 saturated carbocycles. The van der Waals surface area contributed by atoms with Gasteiger partial charge in [-0.25, -0.2) is 0 Å². The zero-order valence-electron chi connectivity index (χ0n) is 7.32. The van der Waals surface area contributed by atoms with Crippen LogP contribution in [0.15, 0.2) is 0 Å². The van der Waals surface area contributed by atoms with Crippen LogP contribution in [0.5, 0.6) is 0 Å². The van der Waals surface area contributed by atoms with Gasteiger partial charge < -0.3 is 10.6 Å². The number of nitrogens with one attached hydrogen (secondary N) is 2.